The van der Waals surface area contributed by atoms with Crippen LogP contribution in [0.3, 0.4) is 0 Å². The quantitative estimate of drug-likeness (QED) is 0.291. The van der Waals surface area contributed by atoms with Crippen molar-refractivity contribution < 1.29 is 19.4 Å². The molecule has 2 aliphatic rings. The topological polar surface area (TPSA) is 98.4 Å². The van der Waals surface area contributed by atoms with Gasteiger partial charge in [0.05, 0.1) is 23.5 Å². The number of nitrogens with zero attached hydrogens (tertiary/aromatic N) is 3. The fourth-order valence-electron chi connectivity index (χ4n) is 6.75. The average Bonchev–Trinajstić information content (AvgIpc) is 3.34. The number of amides is 1. The molecule has 1 fully saturated rings. The van der Waals surface area contributed by atoms with Crippen molar-refractivity contribution in [1.82, 2.24) is 19.4 Å². The molecule has 0 unspecified atom stereocenters. The molecular formula is C33H38N4O4. The van der Waals surface area contributed by atoms with Gasteiger partial charge in [-0.1, -0.05) is 37.5 Å². The third kappa shape index (κ3) is 4.79. The molecule has 8 heteroatoms. The molecule has 1 aliphatic carbocycles. The number of aliphatic carboxylic acids is 1. The fraction of sp³-hybridized carbons (Fsp3) is 0.424. The standard InChI is InChI=1S/C33H38N4O4/c1-20-21(2)37(19-28(38)39)32(34-20)33(3,4)35-31(40)23-14-15-24-26(18-23)36-16-17-41-27-13-9-8-12-25(27)30(36)29(24)22-10-6-5-7-11-22/h8-9,12-15,18,22H,5-7,10-11,16-17,19H2,1-4H3,(H,35,40)(H,38,39). The van der Waals surface area contributed by atoms with E-state index in [1.54, 1.807) is 4.57 Å². The predicted molar refractivity (Wildman–Crippen MR) is 159 cm³/mol. The molecule has 3 heterocycles. The van der Waals surface area contributed by atoms with Gasteiger partial charge in [0.15, 0.2) is 0 Å². The molecule has 1 amide bonds. The van der Waals surface area contributed by atoms with Crippen LogP contribution in [0, 0.1) is 13.8 Å². The summed E-state index contributed by atoms with van der Waals surface area (Å²) in [7, 11) is 0. The van der Waals surface area contributed by atoms with E-state index in [2.05, 4.69) is 33.1 Å². The molecule has 41 heavy (non-hydrogen) atoms. The molecule has 1 saturated carbocycles. The Morgan fingerprint density at radius 2 is 1.85 bits per heavy atom. The first-order chi connectivity index (χ1) is 19.7. The summed E-state index contributed by atoms with van der Waals surface area (Å²) in [6.45, 7) is 8.49. The van der Waals surface area contributed by atoms with E-state index in [1.807, 2.05) is 52.0 Å². The van der Waals surface area contributed by atoms with Gasteiger partial charge in [-0.15, -0.1) is 0 Å². The molecule has 0 saturated heterocycles. The van der Waals surface area contributed by atoms with Crippen molar-refractivity contribution in [3.05, 3.63) is 70.8 Å². The van der Waals surface area contributed by atoms with Crippen molar-refractivity contribution in [2.45, 2.75) is 84.3 Å². The van der Waals surface area contributed by atoms with Crippen LogP contribution in [-0.4, -0.2) is 37.7 Å². The van der Waals surface area contributed by atoms with E-state index >= 15 is 0 Å². The SMILES string of the molecule is Cc1nc(C(C)(C)NC(=O)c2ccc3c(C4CCCCC4)c4n(c3c2)CCOc2ccccc2-4)n(CC(=O)O)c1C. The number of nitrogens with one attached hydrogen (secondary N) is 1. The Kier molecular flexibility index (Phi) is 6.88. The molecule has 0 radical (unpaired) electrons. The number of ether oxygens (including phenoxy) is 1. The van der Waals surface area contributed by atoms with Crippen molar-refractivity contribution in [3.8, 4) is 17.0 Å². The number of aryl methyl sites for hydroxylation is 1. The van der Waals surface area contributed by atoms with E-state index < -0.39 is 11.5 Å². The molecule has 6 rings (SSSR count). The zero-order valence-corrected chi connectivity index (χ0v) is 24.3. The molecule has 1 aliphatic heterocycles. The molecule has 214 valence electrons. The largest absolute Gasteiger partial charge is 0.491 e. The summed E-state index contributed by atoms with van der Waals surface area (Å²) in [6.07, 6.45) is 6.11. The lowest BCUT2D eigenvalue weighted by atomic mass is 9.81. The first-order valence-electron chi connectivity index (χ1n) is 14.6. The first kappa shape index (κ1) is 27.1. The molecule has 0 spiro atoms. The van der Waals surface area contributed by atoms with Crippen LogP contribution in [0.25, 0.3) is 22.2 Å². The highest BCUT2D eigenvalue weighted by Crippen LogP contribution is 2.47. The van der Waals surface area contributed by atoms with Crippen molar-refractivity contribution in [1.29, 1.82) is 0 Å². The normalized spacial score (nSPS) is 15.6. The summed E-state index contributed by atoms with van der Waals surface area (Å²) >= 11 is 0. The second-order valence-electron chi connectivity index (χ2n) is 12.0. The molecule has 0 bridgehead atoms. The number of imidazole rings is 1. The van der Waals surface area contributed by atoms with Gasteiger partial charge in [0, 0.05) is 27.7 Å². The summed E-state index contributed by atoms with van der Waals surface area (Å²) in [4.78, 5) is 30.0. The number of rotatable bonds is 6. The highest BCUT2D eigenvalue weighted by Gasteiger charge is 2.32. The van der Waals surface area contributed by atoms with E-state index in [0.717, 1.165) is 28.2 Å². The Labute approximate surface area is 240 Å². The van der Waals surface area contributed by atoms with Crippen molar-refractivity contribution in [2.75, 3.05) is 6.61 Å². The number of carbonyl (C=O) groups excluding carboxylic acids is 1. The maximum atomic E-state index is 13.7. The van der Waals surface area contributed by atoms with Crippen LogP contribution in [0.4, 0.5) is 0 Å². The van der Waals surface area contributed by atoms with Crippen molar-refractivity contribution >= 4 is 22.8 Å². The highest BCUT2D eigenvalue weighted by molar-refractivity contribution is 6.01. The number of carbonyl (C=O) groups is 2. The number of carboxylic acids is 1. The zero-order chi connectivity index (χ0) is 28.9. The number of hydrogen-bond donors (Lipinski definition) is 2. The molecular weight excluding hydrogens is 516 g/mol. The van der Waals surface area contributed by atoms with Gasteiger partial charge in [-0.2, -0.15) is 0 Å². The van der Waals surface area contributed by atoms with Gasteiger partial charge in [0.25, 0.3) is 5.91 Å². The zero-order valence-electron chi connectivity index (χ0n) is 24.3. The molecule has 0 atom stereocenters. The highest BCUT2D eigenvalue weighted by atomic mass is 16.5. The summed E-state index contributed by atoms with van der Waals surface area (Å²) < 4.78 is 10.2. The van der Waals surface area contributed by atoms with Gasteiger partial charge in [0.1, 0.15) is 24.7 Å². The number of fused-ring (bicyclic) bond motifs is 5. The third-order valence-electron chi connectivity index (χ3n) is 8.83. The summed E-state index contributed by atoms with van der Waals surface area (Å²) in [5.41, 5.74) is 5.96. The van der Waals surface area contributed by atoms with Crippen molar-refractivity contribution in [3.63, 3.8) is 0 Å². The average molecular weight is 555 g/mol. The second-order valence-corrected chi connectivity index (χ2v) is 12.0. The van der Waals surface area contributed by atoms with Crippen LogP contribution < -0.4 is 10.1 Å². The van der Waals surface area contributed by atoms with Gasteiger partial charge in [-0.3, -0.25) is 9.59 Å². The Bertz CT molecular complexity index is 1660. The van der Waals surface area contributed by atoms with Gasteiger partial charge in [0.2, 0.25) is 0 Å². The monoisotopic (exact) mass is 554 g/mol. The number of para-hydroxylation sites is 1. The molecule has 8 nitrogen and oxygen atoms in total. The Hall–Kier alpha value is -4.07. The third-order valence-corrected chi connectivity index (χ3v) is 8.83. The molecule has 2 N–H and O–H groups in total. The molecule has 2 aromatic heterocycles. The Morgan fingerprint density at radius 1 is 1.10 bits per heavy atom. The molecule has 2 aromatic carbocycles. The predicted octanol–water partition coefficient (Wildman–Crippen LogP) is 6.31. The minimum absolute atomic E-state index is 0.211. The summed E-state index contributed by atoms with van der Waals surface area (Å²) in [6, 6.07) is 14.3. The summed E-state index contributed by atoms with van der Waals surface area (Å²) in [5.74, 6) is 0.735. The van der Waals surface area contributed by atoms with Crippen LogP contribution in [-0.2, 0) is 23.4 Å². The van der Waals surface area contributed by atoms with Gasteiger partial charge >= 0.3 is 5.97 Å². The van der Waals surface area contributed by atoms with Crippen LogP contribution in [0.15, 0.2) is 42.5 Å². The van der Waals surface area contributed by atoms with E-state index in [1.165, 1.54) is 48.7 Å². The number of benzene rings is 2. The summed E-state index contributed by atoms with van der Waals surface area (Å²) in [5, 5.41) is 13.8. The minimum Gasteiger partial charge on any atom is -0.491 e. The smallest absolute Gasteiger partial charge is 0.323 e. The van der Waals surface area contributed by atoms with E-state index in [4.69, 9.17) is 4.74 Å². The first-order valence-corrected chi connectivity index (χ1v) is 14.6. The van der Waals surface area contributed by atoms with Crippen LogP contribution in [0.5, 0.6) is 5.75 Å². The maximum absolute atomic E-state index is 13.7. The number of hydrogen-bond acceptors (Lipinski definition) is 4. The van der Waals surface area contributed by atoms with Gasteiger partial charge < -0.3 is 24.3 Å². The molecule has 4 aromatic rings. The Morgan fingerprint density at radius 3 is 2.61 bits per heavy atom. The van der Waals surface area contributed by atoms with Crippen LogP contribution >= 0.6 is 0 Å². The van der Waals surface area contributed by atoms with E-state index in [-0.39, 0.29) is 12.5 Å². The van der Waals surface area contributed by atoms with Crippen LogP contribution in [0.2, 0.25) is 0 Å². The lowest BCUT2D eigenvalue weighted by Gasteiger charge is -2.27. The van der Waals surface area contributed by atoms with Crippen LogP contribution in [0.1, 0.15) is 85.0 Å². The lowest BCUT2D eigenvalue weighted by Crippen LogP contribution is -2.43. The lowest BCUT2D eigenvalue weighted by molar-refractivity contribution is -0.137. The fourth-order valence-corrected chi connectivity index (χ4v) is 6.75. The van der Waals surface area contributed by atoms with Gasteiger partial charge in [-0.25, -0.2) is 4.98 Å². The van der Waals surface area contributed by atoms with E-state index in [0.29, 0.717) is 30.5 Å². The number of carboxylic acid groups (broad SMARTS) is 1. The van der Waals surface area contributed by atoms with E-state index in [9.17, 15) is 14.7 Å². The maximum Gasteiger partial charge on any atom is 0.323 e. The second kappa shape index (κ2) is 10.4. The number of aromatic nitrogens is 3. The van der Waals surface area contributed by atoms with Gasteiger partial charge in [-0.05, 0) is 76.3 Å². The Balaban J connectivity index is 1.42. The van der Waals surface area contributed by atoms with Crippen molar-refractivity contribution in [2.24, 2.45) is 0 Å². The minimum atomic E-state index is -0.951.